The third kappa shape index (κ3) is 20.8. The van der Waals surface area contributed by atoms with E-state index in [0.717, 1.165) is 0 Å². The maximum Gasteiger partial charge on any atom is 0.246 e. The molecule has 0 radical (unpaired) electrons. The first-order chi connectivity index (χ1) is 37.6. The van der Waals surface area contributed by atoms with E-state index < -0.39 is 150 Å². The Hall–Kier alpha value is -5.83. The highest BCUT2D eigenvalue weighted by Crippen LogP contribution is 2.25. The molecule has 0 aromatic heterocycles. The number of rotatable bonds is 13. The molecule has 0 saturated carbocycles. The van der Waals surface area contributed by atoms with Gasteiger partial charge in [-0.15, -0.1) is 0 Å². The van der Waals surface area contributed by atoms with E-state index in [1.54, 1.807) is 41.5 Å². The smallest absolute Gasteiger partial charge is 0.246 e. The number of carbonyl (C=O) groups excluding carboxylic acids is 11. The second kappa shape index (κ2) is 32.9. The molecule has 22 heteroatoms. The molecule has 1 aliphatic heterocycles. The van der Waals surface area contributed by atoms with E-state index in [4.69, 9.17) is 0 Å². The van der Waals surface area contributed by atoms with Crippen molar-refractivity contribution in [1.82, 2.24) is 55.6 Å². The summed E-state index contributed by atoms with van der Waals surface area (Å²) in [6.45, 7) is 31.8. The van der Waals surface area contributed by atoms with Gasteiger partial charge >= 0.3 is 0 Å². The largest absolute Gasteiger partial charge is 0.343 e. The summed E-state index contributed by atoms with van der Waals surface area (Å²) < 4.78 is 0. The zero-order valence-electron chi connectivity index (χ0n) is 54.8. The molecule has 0 aromatic carbocycles. The Bertz CT molecular complexity index is 2220. The van der Waals surface area contributed by atoms with Crippen molar-refractivity contribution in [3.05, 3.63) is 0 Å². The third-order valence-corrected chi connectivity index (χ3v) is 15.4. The van der Waals surface area contributed by atoms with Crippen LogP contribution in [0.25, 0.3) is 0 Å². The van der Waals surface area contributed by atoms with Crippen molar-refractivity contribution in [1.29, 1.82) is 0 Å². The number of hydrogen-bond donors (Lipinski definition) is 4. The van der Waals surface area contributed by atoms with Crippen molar-refractivity contribution < 1.29 is 52.7 Å². The summed E-state index contributed by atoms with van der Waals surface area (Å²) in [6.07, 6.45) is 0.912. The van der Waals surface area contributed by atoms with E-state index in [1.165, 1.54) is 97.5 Å². The fourth-order valence-electron chi connectivity index (χ4n) is 10.4. The first-order valence-electron chi connectivity index (χ1n) is 29.7. The van der Waals surface area contributed by atoms with Crippen LogP contribution in [0.3, 0.4) is 0 Å². The van der Waals surface area contributed by atoms with Crippen LogP contribution in [-0.4, -0.2) is 216 Å². The summed E-state index contributed by atoms with van der Waals surface area (Å²) >= 11 is 0. The van der Waals surface area contributed by atoms with E-state index in [-0.39, 0.29) is 61.7 Å². The quantitative estimate of drug-likeness (QED) is 0.207. The molecule has 0 bridgehead atoms. The van der Waals surface area contributed by atoms with E-state index >= 15 is 4.79 Å². The van der Waals surface area contributed by atoms with E-state index in [1.807, 2.05) is 69.2 Å². The molecular weight excluding hydrogens is 1050 g/mol. The van der Waals surface area contributed by atoms with Crippen LogP contribution in [-0.2, 0) is 52.7 Å². The van der Waals surface area contributed by atoms with Crippen molar-refractivity contribution in [2.24, 2.45) is 47.3 Å². The van der Waals surface area contributed by atoms with Gasteiger partial charge in [0.25, 0.3) is 0 Å². The van der Waals surface area contributed by atoms with Crippen molar-refractivity contribution in [3.8, 4) is 0 Å². The number of carbonyl (C=O) groups is 11. The predicted molar refractivity (Wildman–Crippen MR) is 318 cm³/mol. The topological polar surface area (TPSA) is 259 Å². The highest BCUT2D eigenvalue weighted by atomic mass is 16.2. The van der Waals surface area contributed by atoms with Crippen LogP contribution >= 0.6 is 0 Å². The van der Waals surface area contributed by atoms with Crippen LogP contribution in [0.5, 0.6) is 0 Å². The first kappa shape index (κ1) is 74.2. The molecule has 0 aliphatic carbocycles. The maximum atomic E-state index is 15.0. The molecule has 4 N–H and O–H groups in total. The summed E-state index contributed by atoms with van der Waals surface area (Å²) in [5, 5.41) is 11.1. The van der Waals surface area contributed by atoms with Gasteiger partial charge in [-0.25, -0.2) is 0 Å². The van der Waals surface area contributed by atoms with Gasteiger partial charge in [-0.3, -0.25) is 52.7 Å². The van der Waals surface area contributed by atoms with Gasteiger partial charge < -0.3 is 55.6 Å². The lowest BCUT2D eigenvalue weighted by Gasteiger charge is -2.41. The Morgan fingerprint density at radius 2 is 0.634 bits per heavy atom. The van der Waals surface area contributed by atoms with Crippen LogP contribution < -0.4 is 21.3 Å². The molecule has 0 spiro atoms. The molecule has 1 saturated heterocycles. The molecule has 1 heterocycles. The van der Waals surface area contributed by atoms with E-state index in [9.17, 15) is 47.9 Å². The lowest BCUT2D eigenvalue weighted by molar-refractivity contribution is -0.156. The summed E-state index contributed by atoms with van der Waals surface area (Å²) in [6, 6.07) is -11.4. The number of nitrogens with zero attached hydrogens (tertiary/aromatic N) is 7. The van der Waals surface area contributed by atoms with Crippen molar-refractivity contribution in [2.75, 3.05) is 55.9 Å². The molecule has 22 nitrogen and oxygen atoms in total. The maximum absolute atomic E-state index is 15.0. The number of nitrogens with one attached hydrogen (secondary N) is 4. The molecule has 10 atom stereocenters. The zero-order valence-corrected chi connectivity index (χ0v) is 54.8. The van der Waals surface area contributed by atoms with E-state index in [2.05, 4.69) is 21.3 Å². The van der Waals surface area contributed by atoms with Gasteiger partial charge in [0.2, 0.25) is 65.0 Å². The lowest BCUT2D eigenvalue weighted by atomic mass is 9.94. The molecule has 0 unspecified atom stereocenters. The molecule has 82 heavy (non-hydrogen) atoms. The molecule has 1 rings (SSSR count). The minimum absolute atomic E-state index is 0.113. The minimum Gasteiger partial charge on any atom is -0.343 e. The summed E-state index contributed by atoms with van der Waals surface area (Å²) in [5.74, 6) is -8.77. The number of amides is 11. The Kier molecular flexibility index (Phi) is 29.7. The van der Waals surface area contributed by atoms with Crippen LogP contribution in [0.1, 0.15) is 157 Å². The Morgan fingerprint density at radius 1 is 0.329 bits per heavy atom. The van der Waals surface area contributed by atoms with E-state index in [0.29, 0.717) is 0 Å². The Labute approximate surface area is 492 Å². The third-order valence-electron chi connectivity index (χ3n) is 15.4. The fourth-order valence-corrected chi connectivity index (χ4v) is 10.4. The second-order valence-corrected chi connectivity index (χ2v) is 26.3. The average molecular weight is 1160 g/mol. The van der Waals surface area contributed by atoms with Crippen molar-refractivity contribution in [3.63, 3.8) is 0 Å². The molecular formula is C60H109N11O11. The van der Waals surface area contributed by atoms with Gasteiger partial charge in [-0.1, -0.05) is 111 Å². The van der Waals surface area contributed by atoms with Gasteiger partial charge in [0.1, 0.15) is 60.4 Å². The van der Waals surface area contributed by atoms with Gasteiger partial charge in [0.05, 0.1) is 6.54 Å². The number of hydrogen-bond acceptors (Lipinski definition) is 11. The van der Waals surface area contributed by atoms with Crippen molar-refractivity contribution >= 4 is 65.0 Å². The van der Waals surface area contributed by atoms with Gasteiger partial charge in [0.15, 0.2) is 0 Å². The zero-order chi connectivity index (χ0) is 63.9. The monoisotopic (exact) mass is 1160 g/mol. The standard InChI is InChI=1S/C60H109N11O11/c1-32(2)26-42-53(75)64-49(38(13)14)59(81)67(21)43(27-33(3)4)52(74)61-40(17)51(73)62-41(18)55(77)69(23)45(29-35(7)8)56(78)70(24)46(30-36(9)10)57(79)71(25)50(39(15)16)60(82)68(22)44(28-34(5)6)54(76)63-48(37(11)12)58(80)65(19)31-47(72)66(42)20/h32-46,48-50H,26-31H2,1-25H3,(H,61,74)(H,62,73)(H,63,76)(H,64,75)/t40-,41+,42+,43+,44-,45-,46-,48-,49-,50-/m0/s1. The van der Waals surface area contributed by atoms with Gasteiger partial charge in [-0.2, -0.15) is 0 Å². The molecule has 0 aromatic rings. The Morgan fingerprint density at radius 3 is 1.01 bits per heavy atom. The molecule has 470 valence electrons. The molecule has 1 fully saturated rings. The average Bonchev–Trinajstić information content (AvgIpc) is 3.41. The summed E-state index contributed by atoms with van der Waals surface area (Å²) in [7, 11) is 10.2. The van der Waals surface area contributed by atoms with Crippen LogP contribution in [0, 0.1) is 47.3 Å². The van der Waals surface area contributed by atoms with Gasteiger partial charge in [0, 0.05) is 49.3 Å². The van der Waals surface area contributed by atoms with Gasteiger partial charge in [-0.05, 0) is 93.3 Å². The van der Waals surface area contributed by atoms with Crippen LogP contribution in [0.4, 0.5) is 0 Å². The fraction of sp³-hybridized carbons (Fsp3) is 0.817. The van der Waals surface area contributed by atoms with Crippen LogP contribution in [0.2, 0.25) is 0 Å². The first-order valence-corrected chi connectivity index (χ1v) is 29.7. The molecule has 11 amide bonds. The van der Waals surface area contributed by atoms with Crippen molar-refractivity contribution in [2.45, 2.75) is 217 Å². The minimum atomic E-state index is -1.21. The highest BCUT2D eigenvalue weighted by Gasteiger charge is 2.44. The highest BCUT2D eigenvalue weighted by molar-refractivity contribution is 5.99. The lowest BCUT2D eigenvalue weighted by Crippen LogP contribution is -2.62. The summed E-state index contributed by atoms with van der Waals surface area (Å²) in [5.41, 5.74) is 0. The number of likely N-dealkylation sites (N-methyl/N-ethyl adjacent to an activating group) is 7. The summed E-state index contributed by atoms with van der Waals surface area (Å²) in [4.78, 5) is 168. The normalized spacial score (nSPS) is 26.7. The van der Waals surface area contributed by atoms with Crippen LogP contribution in [0.15, 0.2) is 0 Å². The predicted octanol–water partition coefficient (Wildman–Crippen LogP) is 3.60. The second-order valence-electron chi connectivity index (χ2n) is 26.3. The Balaban J connectivity index is 4.24. The molecule has 1 aliphatic rings. The SMILES string of the molecule is CC(C)C[C@@H]1C(=O)N[C@@H](C(C)C)C(=O)N(C)[C@H](CC(C)C)C(=O)N[C@@H](C)C(=O)N[C@H](C)C(=O)N(C)[C@@H](CC(C)C)C(=O)N(C)[C@@H](CC(C)C)C(=O)N(C)[C@@H](C(C)C)C(=O)N(C)[C@@H](CC(C)C)C(=O)N[C@@H](C(C)C)C(=O)N(C)CC(=O)N1C.